The van der Waals surface area contributed by atoms with Crippen molar-refractivity contribution in [2.45, 2.75) is 102 Å². The van der Waals surface area contributed by atoms with E-state index in [0.29, 0.717) is 19.3 Å². The van der Waals surface area contributed by atoms with E-state index in [4.69, 9.17) is 26.2 Å². The Morgan fingerprint density at radius 2 is 1.60 bits per heavy atom. The second-order valence-corrected chi connectivity index (χ2v) is 17.6. The second-order valence-electron chi connectivity index (χ2n) is 16.9. The lowest BCUT2D eigenvalue weighted by atomic mass is 9.45. The van der Waals surface area contributed by atoms with Crippen LogP contribution >= 0.6 is 11.6 Å². The quantitative estimate of drug-likeness (QED) is 0.0331. The van der Waals surface area contributed by atoms with Gasteiger partial charge in [0.25, 0.3) is 11.8 Å². The van der Waals surface area contributed by atoms with Crippen molar-refractivity contribution in [3.8, 4) is 0 Å². The minimum Gasteiger partial charge on any atom is -0.481 e. The van der Waals surface area contributed by atoms with Crippen molar-refractivity contribution >= 4 is 70.5 Å². The molecule has 4 aliphatic carbocycles. The number of hydrogen-bond acceptors (Lipinski definition) is 13. The van der Waals surface area contributed by atoms with Gasteiger partial charge in [-0.3, -0.25) is 52.8 Å². The summed E-state index contributed by atoms with van der Waals surface area (Å²) >= 11 is 7.56. The van der Waals surface area contributed by atoms with E-state index in [-0.39, 0.29) is 49.8 Å². The molecule has 0 aromatic carbocycles. The summed E-state index contributed by atoms with van der Waals surface area (Å²) < 4.78 is 11.7. The van der Waals surface area contributed by atoms with Crippen LogP contribution in [0.4, 0.5) is 0 Å². The number of alkyl halides is 1. The van der Waals surface area contributed by atoms with Gasteiger partial charge in [0.15, 0.2) is 11.4 Å². The molecule has 338 valence electrons. The maximum Gasteiger partial charge on any atom is 0.306 e. The normalized spacial score (nSPS) is 31.2. The number of nitrogens with one attached hydrogen (secondary N) is 4. The number of fused-ring (bicyclic) bond motifs is 5. The van der Waals surface area contributed by atoms with Crippen LogP contribution in [-0.2, 0) is 57.4 Å². The number of aliphatic hydroxyl groups excluding tert-OH is 1. The third kappa shape index (κ3) is 9.11. The van der Waals surface area contributed by atoms with Gasteiger partial charge >= 0.3 is 11.9 Å². The van der Waals surface area contributed by atoms with Crippen molar-refractivity contribution in [2.24, 2.45) is 28.6 Å². The van der Waals surface area contributed by atoms with Gasteiger partial charge in [-0.05, 0) is 56.1 Å². The maximum absolute atomic E-state index is 14.4. The Kier molecular flexibility index (Phi) is 14.6. The molecule has 62 heavy (non-hydrogen) atoms. The standard InChI is InChI=1S/C42H54ClN5O14/c1-5-37(59)62-42(23(2)16-27-26-7-6-24-17-25(49)12-14-39(24,3)41(26,43)29(50)18-40(27,42)4)30(51)21-61-22-46-33(54)19-44-32(53)20-45-38(60)28(8-11-36(57)58)47-31(52)13-15-48-34(55)9-10-35(48)56/h9-10,12,14,17,23,26-29,50H,5-8,11,13,15-16,18-22H2,1-4H3,(H,44,53)(H,45,60)(H,46,54)(H,47,52)(H,57,58)/t23-,26-,27?,28-,29-,39-,40-,41-,42-/m0/s1. The fourth-order valence-corrected chi connectivity index (χ4v) is 10.8. The van der Waals surface area contributed by atoms with Crippen molar-refractivity contribution in [2.75, 3.05) is 33.0 Å². The molecule has 19 nitrogen and oxygen atoms in total. The highest BCUT2D eigenvalue weighted by molar-refractivity contribution is 6.26. The van der Waals surface area contributed by atoms with Crippen molar-refractivity contribution in [1.29, 1.82) is 0 Å². The average Bonchev–Trinajstić information content (AvgIpc) is 3.65. The van der Waals surface area contributed by atoms with E-state index in [1.807, 2.05) is 20.8 Å². The number of rotatable bonds is 19. The summed E-state index contributed by atoms with van der Waals surface area (Å²) in [5, 5.41) is 30.4. The molecular formula is C42H54ClN5O14. The molecule has 0 spiro atoms. The molecule has 1 aliphatic heterocycles. The lowest BCUT2D eigenvalue weighted by molar-refractivity contribution is -0.203. The Morgan fingerprint density at radius 3 is 2.26 bits per heavy atom. The van der Waals surface area contributed by atoms with Crippen molar-refractivity contribution in [1.82, 2.24) is 26.2 Å². The Balaban J connectivity index is 1.12. The van der Waals surface area contributed by atoms with Gasteiger partial charge in [-0.1, -0.05) is 39.3 Å². The number of hydrogen-bond donors (Lipinski definition) is 6. The molecule has 1 heterocycles. The number of Topliss-reactive ketones (excluding diaryl/α,β-unsaturated/α-hetero) is 1. The second kappa shape index (κ2) is 19.0. The van der Waals surface area contributed by atoms with Crippen molar-refractivity contribution in [3.63, 3.8) is 0 Å². The summed E-state index contributed by atoms with van der Waals surface area (Å²) in [5.74, 6) is -8.03. The van der Waals surface area contributed by atoms with E-state index in [1.165, 1.54) is 6.08 Å². The smallest absolute Gasteiger partial charge is 0.306 e. The Labute approximate surface area is 362 Å². The number of esters is 1. The van der Waals surface area contributed by atoms with E-state index < -0.39 is 125 Å². The molecule has 6 N–H and O–H groups in total. The highest BCUT2D eigenvalue weighted by atomic mass is 35.5. The fraction of sp³-hybridized carbons (Fsp3) is 0.619. The molecule has 5 rings (SSSR count). The van der Waals surface area contributed by atoms with E-state index in [1.54, 1.807) is 19.1 Å². The van der Waals surface area contributed by atoms with Crippen LogP contribution in [0.1, 0.15) is 79.1 Å². The Morgan fingerprint density at radius 1 is 0.935 bits per heavy atom. The summed E-state index contributed by atoms with van der Waals surface area (Å²) in [6.07, 6.45) is 6.14. The zero-order chi connectivity index (χ0) is 45.8. The largest absolute Gasteiger partial charge is 0.481 e. The van der Waals surface area contributed by atoms with Crippen LogP contribution in [-0.4, -0.2) is 130 Å². The SMILES string of the molecule is CCC(=O)O[C@]1(C(=O)COCNC(=O)CNC(=O)CNC(=O)[C@H](CCC(=O)O)NC(=O)CCN2C(=O)C=CC2=O)[C@@H](C)CC2[C@@H]3CCC4=CC(=O)C=C[C@]4(C)[C@@]3(Cl)[C@@H](O)C[C@@]21C. The summed E-state index contributed by atoms with van der Waals surface area (Å²) in [6, 6.07) is -1.37. The number of nitrogens with zero attached hydrogens (tertiary/aromatic N) is 1. The van der Waals surface area contributed by atoms with E-state index in [2.05, 4.69) is 21.3 Å². The first-order valence-corrected chi connectivity index (χ1v) is 21.0. The third-order valence-electron chi connectivity index (χ3n) is 13.4. The molecule has 0 radical (unpaired) electrons. The molecule has 0 aromatic rings. The average molecular weight is 888 g/mol. The molecule has 0 aromatic heterocycles. The number of halogens is 1. The molecule has 9 atom stereocenters. The van der Waals surface area contributed by atoms with Gasteiger partial charge in [-0.25, -0.2) is 0 Å². The highest BCUT2D eigenvalue weighted by Crippen LogP contribution is 2.72. The van der Waals surface area contributed by atoms with Crippen molar-refractivity contribution in [3.05, 3.63) is 36.0 Å². The molecule has 3 fully saturated rings. The number of aliphatic carboxylic acids is 1. The van der Waals surface area contributed by atoms with Gasteiger partial charge in [0.1, 0.15) is 19.4 Å². The number of ketones is 2. The zero-order valence-corrected chi connectivity index (χ0v) is 35.8. The number of aliphatic hydroxyl groups is 1. The predicted molar refractivity (Wildman–Crippen MR) is 216 cm³/mol. The lowest BCUT2D eigenvalue weighted by Crippen LogP contribution is -2.69. The minimum atomic E-state index is -1.70. The molecule has 0 bridgehead atoms. The van der Waals surface area contributed by atoms with Gasteiger partial charge in [-0.15, -0.1) is 11.6 Å². The number of carbonyl (C=O) groups is 10. The van der Waals surface area contributed by atoms with Crippen LogP contribution in [0, 0.1) is 28.6 Å². The number of ether oxygens (including phenoxy) is 2. The number of carboxylic acids is 1. The molecule has 5 aliphatic rings. The van der Waals surface area contributed by atoms with Gasteiger partial charge in [0.2, 0.25) is 29.4 Å². The molecule has 0 saturated heterocycles. The predicted octanol–water partition coefficient (Wildman–Crippen LogP) is 0.121. The summed E-state index contributed by atoms with van der Waals surface area (Å²) in [6.45, 7) is 4.67. The van der Waals surface area contributed by atoms with Gasteiger partial charge in [0.05, 0.1) is 24.1 Å². The molecule has 20 heteroatoms. The Bertz CT molecular complexity index is 1980. The summed E-state index contributed by atoms with van der Waals surface area (Å²) in [4.78, 5) is 124. The van der Waals surface area contributed by atoms with E-state index >= 15 is 0 Å². The number of allylic oxidation sites excluding steroid dienone is 4. The zero-order valence-electron chi connectivity index (χ0n) is 35.1. The van der Waals surface area contributed by atoms with Crippen LogP contribution in [0.3, 0.4) is 0 Å². The van der Waals surface area contributed by atoms with E-state index in [0.717, 1.165) is 22.6 Å². The number of imide groups is 1. The lowest BCUT2D eigenvalue weighted by Gasteiger charge is -2.64. The minimum absolute atomic E-state index is 0.0154. The molecule has 3 saturated carbocycles. The first-order valence-electron chi connectivity index (χ1n) is 20.6. The van der Waals surface area contributed by atoms with Crippen molar-refractivity contribution < 1.29 is 67.6 Å². The van der Waals surface area contributed by atoms with Crippen LogP contribution < -0.4 is 21.3 Å². The van der Waals surface area contributed by atoms with Crippen LogP contribution in [0.25, 0.3) is 0 Å². The first-order chi connectivity index (χ1) is 29.1. The number of carboxylic acid groups (broad SMARTS) is 1. The summed E-state index contributed by atoms with van der Waals surface area (Å²) in [5.41, 5.74) is -2.75. The number of carbonyl (C=O) groups excluding carboxylic acids is 9. The first kappa shape index (κ1) is 47.8. The summed E-state index contributed by atoms with van der Waals surface area (Å²) in [7, 11) is 0. The highest BCUT2D eigenvalue weighted by Gasteiger charge is 2.76. The maximum atomic E-state index is 14.4. The van der Waals surface area contributed by atoms with Crippen LogP contribution in [0.15, 0.2) is 36.0 Å². The van der Waals surface area contributed by atoms with Gasteiger partial charge < -0.3 is 41.0 Å². The third-order valence-corrected chi connectivity index (χ3v) is 14.3. The molecule has 6 amide bonds. The van der Waals surface area contributed by atoms with E-state index in [9.17, 15) is 53.1 Å². The topological polar surface area (TPSA) is 281 Å². The fourth-order valence-electron chi connectivity index (χ4n) is 10.3. The Hall–Kier alpha value is -5.27. The monoisotopic (exact) mass is 887 g/mol. The van der Waals surface area contributed by atoms with Crippen LogP contribution in [0.5, 0.6) is 0 Å². The molecular weight excluding hydrogens is 834 g/mol. The number of amides is 6. The molecule has 1 unspecified atom stereocenters. The van der Waals surface area contributed by atoms with Crippen LogP contribution in [0.2, 0.25) is 0 Å². The van der Waals surface area contributed by atoms with Gasteiger partial charge in [0, 0.05) is 54.7 Å². The van der Waals surface area contributed by atoms with Gasteiger partial charge in [-0.2, -0.15) is 0 Å².